The van der Waals surface area contributed by atoms with Crippen molar-refractivity contribution in [2.24, 2.45) is 0 Å². The number of para-hydroxylation sites is 1. The zero-order valence-corrected chi connectivity index (χ0v) is 12.4. The van der Waals surface area contributed by atoms with E-state index in [-0.39, 0.29) is 6.04 Å². The lowest BCUT2D eigenvalue weighted by Crippen LogP contribution is -2.44. The Hall–Kier alpha value is -2.31. The molecule has 6 heteroatoms. The number of fused-ring (bicyclic) bond motifs is 1. The number of hydrogen-bond donors (Lipinski definition) is 1. The van der Waals surface area contributed by atoms with E-state index in [1.54, 1.807) is 0 Å². The molecule has 1 aliphatic rings. The maximum Gasteiger partial charge on any atom is 0.276 e. The number of hydrogen-bond acceptors (Lipinski definition) is 6. The minimum Gasteiger partial charge on any atom is -0.332 e. The average molecular weight is 295 g/mol. The summed E-state index contributed by atoms with van der Waals surface area (Å²) in [5.74, 6) is 1.18. The molecule has 3 heterocycles. The molecular formula is C16H17N5O. The van der Waals surface area contributed by atoms with Crippen LogP contribution in [0, 0.1) is 0 Å². The van der Waals surface area contributed by atoms with Gasteiger partial charge < -0.3 is 9.84 Å². The fraction of sp³-hybridized carbons (Fsp3) is 0.312. The van der Waals surface area contributed by atoms with Crippen LogP contribution in [0.5, 0.6) is 0 Å². The summed E-state index contributed by atoms with van der Waals surface area (Å²) in [6.07, 6.45) is 0. The molecule has 6 nitrogen and oxygen atoms in total. The van der Waals surface area contributed by atoms with Gasteiger partial charge in [-0.2, -0.15) is 4.98 Å². The van der Waals surface area contributed by atoms with Crippen LogP contribution in [0.2, 0.25) is 0 Å². The monoisotopic (exact) mass is 295 g/mol. The molecule has 4 rings (SSSR count). The molecule has 3 aromatic rings. The van der Waals surface area contributed by atoms with Crippen LogP contribution in [-0.4, -0.2) is 46.7 Å². The van der Waals surface area contributed by atoms with E-state index >= 15 is 0 Å². The van der Waals surface area contributed by atoms with Gasteiger partial charge in [-0.3, -0.25) is 4.90 Å². The minimum absolute atomic E-state index is 0.145. The fourth-order valence-corrected chi connectivity index (χ4v) is 2.75. The third-order valence-electron chi connectivity index (χ3n) is 4.07. The number of benzene rings is 1. The van der Waals surface area contributed by atoms with Crippen LogP contribution in [0.15, 0.2) is 40.9 Å². The molecule has 0 saturated carbocycles. The van der Waals surface area contributed by atoms with Gasteiger partial charge in [0.25, 0.3) is 5.89 Å². The molecule has 1 saturated heterocycles. The summed E-state index contributed by atoms with van der Waals surface area (Å²) < 4.78 is 5.42. The molecular weight excluding hydrogens is 278 g/mol. The molecule has 1 atom stereocenters. The third kappa shape index (κ3) is 2.36. The van der Waals surface area contributed by atoms with Gasteiger partial charge in [-0.05, 0) is 19.2 Å². The smallest absolute Gasteiger partial charge is 0.276 e. The number of pyridine rings is 1. The highest BCUT2D eigenvalue weighted by atomic mass is 16.5. The number of likely N-dealkylation sites (N-methyl/N-ethyl adjacent to an activating group) is 1. The Morgan fingerprint density at radius 3 is 3.00 bits per heavy atom. The Balaban J connectivity index is 1.67. The first-order valence-corrected chi connectivity index (χ1v) is 7.42. The van der Waals surface area contributed by atoms with Crippen molar-refractivity contribution in [1.29, 1.82) is 0 Å². The first-order chi connectivity index (χ1) is 10.8. The summed E-state index contributed by atoms with van der Waals surface area (Å²) in [4.78, 5) is 11.4. The summed E-state index contributed by atoms with van der Waals surface area (Å²) in [5, 5.41) is 8.60. The van der Waals surface area contributed by atoms with Gasteiger partial charge >= 0.3 is 0 Å². The average Bonchev–Trinajstić information content (AvgIpc) is 3.04. The van der Waals surface area contributed by atoms with E-state index in [0.29, 0.717) is 17.4 Å². The highest BCUT2D eigenvalue weighted by Crippen LogP contribution is 2.23. The lowest BCUT2D eigenvalue weighted by molar-refractivity contribution is 0.190. The van der Waals surface area contributed by atoms with Crippen molar-refractivity contribution >= 4 is 10.9 Å². The summed E-state index contributed by atoms with van der Waals surface area (Å²) in [5.41, 5.74) is 1.64. The molecule has 1 aliphatic heterocycles. The Bertz CT molecular complexity index is 800. The second kappa shape index (κ2) is 5.47. The topological polar surface area (TPSA) is 67.1 Å². The van der Waals surface area contributed by atoms with Crippen molar-refractivity contribution in [2.75, 3.05) is 26.7 Å². The van der Waals surface area contributed by atoms with Crippen molar-refractivity contribution in [3.05, 3.63) is 42.2 Å². The van der Waals surface area contributed by atoms with E-state index in [9.17, 15) is 0 Å². The Morgan fingerprint density at radius 1 is 1.18 bits per heavy atom. The van der Waals surface area contributed by atoms with Crippen molar-refractivity contribution in [2.45, 2.75) is 6.04 Å². The standard InChI is InChI=1S/C16H17N5O/c1-21-9-8-17-10-14(21)15-19-16(22-20-15)13-7-6-11-4-2-3-5-12(11)18-13/h2-7,14,17H,8-10H2,1H3. The molecule has 112 valence electrons. The highest BCUT2D eigenvalue weighted by molar-refractivity contribution is 5.80. The van der Waals surface area contributed by atoms with Gasteiger partial charge in [0.2, 0.25) is 0 Å². The molecule has 2 aromatic heterocycles. The molecule has 1 unspecified atom stereocenters. The second-order valence-electron chi connectivity index (χ2n) is 5.55. The number of nitrogens with one attached hydrogen (secondary N) is 1. The van der Waals surface area contributed by atoms with Crippen molar-refractivity contribution in [1.82, 2.24) is 25.3 Å². The van der Waals surface area contributed by atoms with E-state index < -0.39 is 0 Å². The summed E-state index contributed by atoms with van der Waals surface area (Å²) >= 11 is 0. The zero-order valence-electron chi connectivity index (χ0n) is 12.4. The van der Waals surface area contributed by atoms with Crippen LogP contribution in [0.25, 0.3) is 22.5 Å². The predicted molar refractivity (Wildman–Crippen MR) is 83.3 cm³/mol. The largest absolute Gasteiger partial charge is 0.332 e. The van der Waals surface area contributed by atoms with Crippen LogP contribution in [0.4, 0.5) is 0 Å². The van der Waals surface area contributed by atoms with Crippen molar-refractivity contribution in [3.8, 4) is 11.6 Å². The predicted octanol–water partition coefficient (Wildman–Crippen LogP) is 1.86. The molecule has 0 amide bonds. The molecule has 1 aromatic carbocycles. The van der Waals surface area contributed by atoms with Gasteiger partial charge in [-0.25, -0.2) is 4.98 Å². The Kier molecular flexibility index (Phi) is 3.32. The molecule has 0 aliphatic carbocycles. The number of aromatic nitrogens is 3. The Morgan fingerprint density at radius 2 is 2.09 bits per heavy atom. The van der Waals surface area contributed by atoms with Crippen LogP contribution in [0.3, 0.4) is 0 Å². The summed E-state index contributed by atoms with van der Waals surface area (Å²) in [6, 6.07) is 12.1. The van der Waals surface area contributed by atoms with Crippen LogP contribution >= 0.6 is 0 Å². The second-order valence-corrected chi connectivity index (χ2v) is 5.55. The number of piperazine rings is 1. The van der Waals surface area contributed by atoms with Gasteiger partial charge in [-0.1, -0.05) is 29.4 Å². The van der Waals surface area contributed by atoms with E-state index in [1.807, 2.05) is 36.4 Å². The molecule has 0 bridgehead atoms. The van der Waals surface area contributed by atoms with Gasteiger partial charge in [0.1, 0.15) is 5.69 Å². The first kappa shape index (κ1) is 13.4. The minimum atomic E-state index is 0.145. The van der Waals surface area contributed by atoms with Crippen LogP contribution < -0.4 is 5.32 Å². The van der Waals surface area contributed by atoms with Crippen LogP contribution in [0.1, 0.15) is 11.9 Å². The molecule has 0 spiro atoms. The quantitative estimate of drug-likeness (QED) is 0.778. The van der Waals surface area contributed by atoms with Crippen molar-refractivity contribution < 1.29 is 4.52 Å². The van der Waals surface area contributed by atoms with Crippen LogP contribution in [-0.2, 0) is 0 Å². The van der Waals surface area contributed by atoms with Gasteiger partial charge in [0.15, 0.2) is 5.82 Å². The number of rotatable bonds is 2. The summed E-state index contributed by atoms with van der Waals surface area (Å²) in [7, 11) is 2.08. The van der Waals surface area contributed by atoms with Gasteiger partial charge in [-0.15, -0.1) is 0 Å². The summed E-state index contributed by atoms with van der Waals surface area (Å²) in [6.45, 7) is 2.80. The highest BCUT2D eigenvalue weighted by Gasteiger charge is 2.25. The molecule has 0 radical (unpaired) electrons. The lowest BCUT2D eigenvalue weighted by atomic mass is 10.2. The SMILES string of the molecule is CN1CCNCC1c1noc(-c2ccc3ccccc3n2)n1. The van der Waals surface area contributed by atoms with Gasteiger partial charge in [0, 0.05) is 25.0 Å². The maximum atomic E-state index is 5.42. The molecule has 1 fully saturated rings. The fourth-order valence-electron chi connectivity index (χ4n) is 2.75. The lowest BCUT2D eigenvalue weighted by Gasteiger charge is -2.30. The van der Waals surface area contributed by atoms with Crippen molar-refractivity contribution in [3.63, 3.8) is 0 Å². The number of nitrogens with zero attached hydrogens (tertiary/aromatic N) is 4. The molecule has 1 N–H and O–H groups in total. The van der Waals surface area contributed by atoms with E-state index in [0.717, 1.165) is 30.5 Å². The molecule has 22 heavy (non-hydrogen) atoms. The first-order valence-electron chi connectivity index (χ1n) is 7.42. The van der Waals surface area contributed by atoms with E-state index in [2.05, 4.69) is 32.4 Å². The maximum absolute atomic E-state index is 5.42. The zero-order chi connectivity index (χ0) is 14.9. The Labute approximate surface area is 128 Å². The third-order valence-corrected chi connectivity index (χ3v) is 4.07. The van der Waals surface area contributed by atoms with E-state index in [4.69, 9.17) is 4.52 Å². The van der Waals surface area contributed by atoms with E-state index in [1.165, 1.54) is 0 Å². The van der Waals surface area contributed by atoms with Gasteiger partial charge in [0.05, 0.1) is 11.6 Å². The normalized spacial score (nSPS) is 19.6.